The molecular formula is C12H23N3O4. The lowest BCUT2D eigenvalue weighted by atomic mass is 10.2. The third kappa shape index (κ3) is 8.01. The van der Waals surface area contributed by atoms with Crippen molar-refractivity contribution < 1.29 is 19.5 Å². The fourth-order valence-electron chi connectivity index (χ4n) is 1.42. The Balaban J connectivity index is 4.19. The summed E-state index contributed by atoms with van der Waals surface area (Å²) in [6, 6.07) is -0.293. The molecule has 0 aromatic carbocycles. The molecule has 0 rings (SSSR count). The first-order chi connectivity index (χ1) is 8.73. The van der Waals surface area contributed by atoms with Crippen molar-refractivity contribution >= 4 is 17.9 Å². The molecule has 110 valence electrons. The minimum Gasteiger partial charge on any atom is -0.480 e. The van der Waals surface area contributed by atoms with E-state index in [-0.39, 0.29) is 18.6 Å². The highest BCUT2D eigenvalue weighted by molar-refractivity contribution is 5.86. The molecule has 0 atom stereocenters. The molecule has 0 aromatic rings. The summed E-state index contributed by atoms with van der Waals surface area (Å²) in [6.45, 7) is 7.71. The highest BCUT2D eigenvalue weighted by Gasteiger charge is 2.18. The number of hydrogen-bond acceptors (Lipinski definition) is 3. The standard InChI is InChI=1S/C12H23N3O4/c1-8(2)7-15(9(3)4)12(19)14-5-10(16)13-6-11(17)18/h8-9H,5-7H2,1-4H3,(H,13,16)(H,14,19)(H,17,18). The van der Waals surface area contributed by atoms with Gasteiger partial charge in [-0.25, -0.2) is 4.79 Å². The molecule has 0 heterocycles. The number of hydrogen-bond donors (Lipinski definition) is 3. The molecule has 0 fully saturated rings. The summed E-state index contributed by atoms with van der Waals surface area (Å²) >= 11 is 0. The van der Waals surface area contributed by atoms with Crippen LogP contribution in [0.25, 0.3) is 0 Å². The first-order valence-corrected chi connectivity index (χ1v) is 6.27. The Labute approximate surface area is 113 Å². The first-order valence-electron chi connectivity index (χ1n) is 6.27. The molecule has 0 radical (unpaired) electrons. The van der Waals surface area contributed by atoms with Crippen LogP contribution in [-0.2, 0) is 9.59 Å². The Kier molecular flexibility index (Phi) is 7.55. The second-order valence-electron chi connectivity index (χ2n) is 4.97. The van der Waals surface area contributed by atoms with Crippen LogP contribution in [0.1, 0.15) is 27.7 Å². The van der Waals surface area contributed by atoms with Gasteiger partial charge < -0.3 is 20.6 Å². The van der Waals surface area contributed by atoms with Gasteiger partial charge in [-0.3, -0.25) is 9.59 Å². The highest BCUT2D eigenvalue weighted by Crippen LogP contribution is 2.04. The van der Waals surface area contributed by atoms with Gasteiger partial charge in [0, 0.05) is 12.6 Å². The summed E-state index contributed by atoms with van der Waals surface area (Å²) in [7, 11) is 0. The molecule has 0 bridgehead atoms. The number of carbonyl (C=O) groups is 3. The smallest absolute Gasteiger partial charge is 0.322 e. The zero-order valence-corrected chi connectivity index (χ0v) is 11.9. The Morgan fingerprint density at radius 2 is 1.63 bits per heavy atom. The molecule has 3 N–H and O–H groups in total. The Bertz CT molecular complexity index is 329. The third-order valence-corrected chi connectivity index (χ3v) is 2.28. The molecule has 0 aliphatic rings. The molecule has 0 aliphatic carbocycles. The van der Waals surface area contributed by atoms with Gasteiger partial charge in [0.05, 0.1) is 6.54 Å². The van der Waals surface area contributed by atoms with Crippen molar-refractivity contribution in [2.75, 3.05) is 19.6 Å². The van der Waals surface area contributed by atoms with Crippen LogP contribution < -0.4 is 10.6 Å². The van der Waals surface area contributed by atoms with E-state index >= 15 is 0 Å². The van der Waals surface area contributed by atoms with Crippen LogP contribution >= 0.6 is 0 Å². The van der Waals surface area contributed by atoms with Crippen molar-refractivity contribution in [2.24, 2.45) is 5.92 Å². The average Bonchev–Trinajstić information content (AvgIpc) is 2.29. The highest BCUT2D eigenvalue weighted by atomic mass is 16.4. The Morgan fingerprint density at radius 3 is 2.05 bits per heavy atom. The largest absolute Gasteiger partial charge is 0.480 e. The van der Waals surface area contributed by atoms with E-state index in [9.17, 15) is 14.4 Å². The van der Waals surface area contributed by atoms with Crippen LogP contribution in [0, 0.1) is 5.92 Å². The number of urea groups is 1. The number of aliphatic carboxylic acids is 1. The predicted molar refractivity (Wildman–Crippen MR) is 70.7 cm³/mol. The number of rotatable bonds is 7. The van der Waals surface area contributed by atoms with Gasteiger partial charge in [0.2, 0.25) is 5.91 Å². The summed E-state index contributed by atoms with van der Waals surface area (Å²) in [5.74, 6) is -1.32. The first kappa shape index (κ1) is 17.2. The summed E-state index contributed by atoms with van der Waals surface area (Å²) < 4.78 is 0. The molecule has 0 aliphatic heterocycles. The topological polar surface area (TPSA) is 98.7 Å². The fraction of sp³-hybridized carbons (Fsp3) is 0.750. The number of carbonyl (C=O) groups excluding carboxylic acids is 2. The van der Waals surface area contributed by atoms with E-state index < -0.39 is 18.4 Å². The van der Waals surface area contributed by atoms with Gasteiger partial charge >= 0.3 is 12.0 Å². The predicted octanol–water partition coefficient (Wildman–Crippen LogP) is 0.263. The molecule has 0 saturated heterocycles. The Morgan fingerprint density at radius 1 is 1.05 bits per heavy atom. The van der Waals surface area contributed by atoms with Crippen LogP contribution in [0.15, 0.2) is 0 Å². The fourth-order valence-corrected chi connectivity index (χ4v) is 1.42. The number of nitrogens with one attached hydrogen (secondary N) is 2. The van der Waals surface area contributed by atoms with Crippen molar-refractivity contribution in [3.05, 3.63) is 0 Å². The summed E-state index contributed by atoms with van der Waals surface area (Å²) in [5.41, 5.74) is 0. The van der Waals surface area contributed by atoms with E-state index in [1.54, 1.807) is 4.90 Å². The quantitative estimate of drug-likeness (QED) is 0.619. The van der Waals surface area contributed by atoms with Gasteiger partial charge in [0.15, 0.2) is 0 Å². The van der Waals surface area contributed by atoms with E-state index in [4.69, 9.17) is 5.11 Å². The normalized spacial score (nSPS) is 10.4. The molecular weight excluding hydrogens is 250 g/mol. The van der Waals surface area contributed by atoms with Crippen LogP contribution in [0.3, 0.4) is 0 Å². The summed E-state index contributed by atoms with van der Waals surface area (Å²) in [5, 5.41) is 13.0. The van der Waals surface area contributed by atoms with Crippen molar-refractivity contribution in [1.82, 2.24) is 15.5 Å². The van der Waals surface area contributed by atoms with E-state index in [0.717, 1.165) is 0 Å². The van der Waals surface area contributed by atoms with Crippen LogP contribution in [-0.4, -0.2) is 53.6 Å². The maximum Gasteiger partial charge on any atom is 0.322 e. The minimum absolute atomic E-state index is 0.0319. The van der Waals surface area contributed by atoms with Crippen molar-refractivity contribution in [1.29, 1.82) is 0 Å². The van der Waals surface area contributed by atoms with E-state index in [1.807, 2.05) is 27.7 Å². The minimum atomic E-state index is -1.12. The Hall–Kier alpha value is -1.79. The molecule has 7 nitrogen and oxygen atoms in total. The zero-order chi connectivity index (χ0) is 15.0. The lowest BCUT2D eigenvalue weighted by molar-refractivity contribution is -0.137. The molecule has 0 aromatic heterocycles. The van der Waals surface area contributed by atoms with Gasteiger partial charge in [0.1, 0.15) is 6.54 Å². The monoisotopic (exact) mass is 273 g/mol. The summed E-state index contributed by atoms with van der Waals surface area (Å²) in [6.07, 6.45) is 0. The number of nitrogens with zero attached hydrogens (tertiary/aromatic N) is 1. The number of amides is 3. The average molecular weight is 273 g/mol. The number of carboxylic acids is 1. The van der Waals surface area contributed by atoms with Gasteiger partial charge in [-0.1, -0.05) is 13.8 Å². The second kappa shape index (κ2) is 8.34. The van der Waals surface area contributed by atoms with Crippen LogP contribution in [0.4, 0.5) is 4.79 Å². The molecule has 7 heteroatoms. The van der Waals surface area contributed by atoms with Crippen LogP contribution in [0.5, 0.6) is 0 Å². The molecule has 0 unspecified atom stereocenters. The zero-order valence-electron chi connectivity index (χ0n) is 11.9. The second-order valence-corrected chi connectivity index (χ2v) is 4.97. The van der Waals surface area contributed by atoms with Crippen molar-refractivity contribution in [3.8, 4) is 0 Å². The van der Waals surface area contributed by atoms with E-state index in [0.29, 0.717) is 12.5 Å². The van der Waals surface area contributed by atoms with Crippen LogP contribution in [0.2, 0.25) is 0 Å². The molecule has 19 heavy (non-hydrogen) atoms. The maximum absolute atomic E-state index is 11.9. The van der Waals surface area contributed by atoms with Gasteiger partial charge in [-0.2, -0.15) is 0 Å². The van der Waals surface area contributed by atoms with Crippen molar-refractivity contribution in [2.45, 2.75) is 33.7 Å². The van der Waals surface area contributed by atoms with E-state index in [1.165, 1.54) is 0 Å². The molecule has 3 amide bonds. The SMILES string of the molecule is CC(C)CN(C(=O)NCC(=O)NCC(=O)O)C(C)C. The number of carboxylic acid groups (broad SMARTS) is 1. The lowest BCUT2D eigenvalue weighted by Crippen LogP contribution is -2.48. The maximum atomic E-state index is 11.9. The van der Waals surface area contributed by atoms with Crippen molar-refractivity contribution in [3.63, 3.8) is 0 Å². The van der Waals surface area contributed by atoms with Gasteiger partial charge in [-0.05, 0) is 19.8 Å². The lowest BCUT2D eigenvalue weighted by Gasteiger charge is -2.28. The van der Waals surface area contributed by atoms with Gasteiger partial charge in [0.25, 0.3) is 0 Å². The third-order valence-electron chi connectivity index (χ3n) is 2.28. The summed E-state index contributed by atoms with van der Waals surface area (Å²) in [4.78, 5) is 35.0. The van der Waals surface area contributed by atoms with Gasteiger partial charge in [-0.15, -0.1) is 0 Å². The van der Waals surface area contributed by atoms with E-state index in [2.05, 4.69) is 10.6 Å². The molecule has 0 spiro atoms. The molecule has 0 saturated carbocycles.